The first-order valence-electron chi connectivity index (χ1n) is 5.22. The molecule has 2 heterocycles. The molecule has 0 radical (unpaired) electrons. The van der Waals surface area contributed by atoms with E-state index in [0.717, 1.165) is 5.56 Å². The van der Waals surface area contributed by atoms with E-state index >= 15 is 0 Å². The molecule has 1 unspecified atom stereocenters. The second-order valence-corrected chi connectivity index (χ2v) is 5.03. The van der Waals surface area contributed by atoms with Crippen LogP contribution in [-0.4, -0.2) is 10.8 Å². The number of aryl methyl sites for hydroxylation is 1. The molecule has 2 aromatic rings. The minimum absolute atomic E-state index is 0.270. The highest BCUT2D eigenvalue weighted by Gasteiger charge is 2.25. The number of hydrogen-bond donors (Lipinski definition) is 0. The Balaban J connectivity index is 2.39. The van der Waals surface area contributed by atoms with Gasteiger partial charge in [0.05, 0.1) is 16.0 Å². The maximum absolute atomic E-state index is 12.3. The van der Waals surface area contributed by atoms with Crippen LogP contribution in [0.25, 0.3) is 0 Å². The average Bonchev–Trinajstić information content (AvgIpc) is 2.72. The lowest BCUT2D eigenvalue weighted by molar-refractivity contribution is 0.0983. The van der Waals surface area contributed by atoms with E-state index in [-0.39, 0.29) is 5.78 Å². The van der Waals surface area contributed by atoms with Crippen LogP contribution >= 0.6 is 22.9 Å². The zero-order chi connectivity index (χ0) is 13.1. The third-order valence-corrected chi connectivity index (χ3v) is 4.24. The Kier molecular flexibility index (Phi) is 3.75. The lowest BCUT2D eigenvalue weighted by atomic mass is 9.96. The quantitative estimate of drug-likeness (QED) is 0.805. The van der Waals surface area contributed by atoms with Crippen molar-refractivity contribution >= 4 is 28.7 Å². The van der Waals surface area contributed by atoms with Crippen LogP contribution in [0.1, 0.15) is 26.7 Å². The number of halogens is 1. The van der Waals surface area contributed by atoms with Crippen LogP contribution < -0.4 is 0 Å². The van der Waals surface area contributed by atoms with Crippen LogP contribution in [0.15, 0.2) is 29.9 Å². The molecule has 1 atom stereocenters. The van der Waals surface area contributed by atoms with Crippen molar-refractivity contribution in [2.45, 2.75) is 12.8 Å². The highest BCUT2D eigenvalue weighted by atomic mass is 35.5. The largest absolute Gasteiger partial charge is 0.291 e. The van der Waals surface area contributed by atoms with Crippen molar-refractivity contribution in [1.29, 1.82) is 5.26 Å². The van der Waals surface area contributed by atoms with Gasteiger partial charge in [-0.1, -0.05) is 17.7 Å². The maximum Gasteiger partial charge on any atom is 0.195 e. The van der Waals surface area contributed by atoms with E-state index in [0.29, 0.717) is 15.5 Å². The minimum atomic E-state index is -0.853. The summed E-state index contributed by atoms with van der Waals surface area (Å²) in [6.07, 6.45) is 3.13. The zero-order valence-electron chi connectivity index (χ0n) is 9.55. The van der Waals surface area contributed by atoms with E-state index in [1.807, 2.05) is 18.4 Å². The molecule has 0 N–H and O–H groups in total. The van der Waals surface area contributed by atoms with Gasteiger partial charge in [0.25, 0.3) is 0 Å². The van der Waals surface area contributed by atoms with Gasteiger partial charge in [-0.25, -0.2) is 0 Å². The van der Waals surface area contributed by atoms with Crippen LogP contribution in [0.2, 0.25) is 5.02 Å². The lowest BCUT2D eigenvalue weighted by Crippen LogP contribution is -2.10. The van der Waals surface area contributed by atoms with Crippen molar-refractivity contribution in [1.82, 2.24) is 4.98 Å². The average molecular weight is 277 g/mol. The number of hydrogen-bond acceptors (Lipinski definition) is 4. The van der Waals surface area contributed by atoms with E-state index in [9.17, 15) is 10.1 Å². The summed E-state index contributed by atoms with van der Waals surface area (Å²) >= 11 is 7.33. The molecule has 0 aliphatic carbocycles. The van der Waals surface area contributed by atoms with Crippen molar-refractivity contribution < 1.29 is 4.79 Å². The Labute approximate surface area is 114 Å². The molecule has 0 aliphatic rings. The highest BCUT2D eigenvalue weighted by molar-refractivity contribution is 7.13. The summed E-state index contributed by atoms with van der Waals surface area (Å²) in [7, 11) is 0. The first-order valence-corrected chi connectivity index (χ1v) is 6.48. The van der Waals surface area contributed by atoms with Crippen LogP contribution in [0.5, 0.6) is 0 Å². The number of carbonyl (C=O) groups is 1. The Morgan fingerprint density at radius 1 is 1.61 bits per heavy atom. The van der Waals surface area contributed by atoms with Crippen molar-refractivity contribution in [2.75, 3.05) is 0 Å². The Hall–Kier alpha value is -1.70. The molecule has 2 rings (SSSR count). The summed E-state index contributed by atoms with van der Waals surface area (Å²) < 4.78 is 0. The third kappa shape index (κ3) is 2.28. The summed E-state index contributed by atoms with van der Waals surface area (Å²) in [6, 6.07) is 5.43. The molecular weight excluding hydrogens is 268 g/mol. The summed E-state index contributed by atoms with van der Waals surface area (Å²) in [5, 5.41) is 11.4. The van der Waals surface area contributed by atoms with Crippen LogP contribution in [0.4, 0.5) is 0 Å². The highest BCUT2D eigenvalue weighted by Crippen LogP contribution is 2.31. The number of nitriles is 1. The number of pyridine rings is 1. The summed E-state index contributed by atoms with van der Waals surface area (Å²) in [5.41, 5.74) is 1.44. The van der Waals surface area contributed by atoms with Gasteiger partial charge in [0, 0.05) is 12.4 Å². The SMILES string of the molecule is Cc1csc(C(=O)C(C#N)c2cccnc2)c1Cl. The molecule has 2 aromatic heterocycles. The zero-order valence-corrected chi connectivity index (χ0v) is 11.1. The minimum Gasteiger partial charge on any atom is -0.291 e. The molecule has 3 nitrogen and oxygen atoms in total. The molecule has 0 saturated carbocycles. The van der Waals surface area contributed by atoms with Crippen molar-refractivity contribution in [3.05, 3.63) is 50.9 Å². The van der Waals surface area contributed by atoms with E-state index in [1.165, 1.54) is 17.5 Å². The summed E-state index contributed by atoms with van der Waals surface area (Å²) in [4.78, 5) is 16.6. The Morgan fingerprint density at radius 3 is 2.89 bits per heavy atom. The van der Waals surface area contributed by atoms with Crippen molar-refractivity contribution in [2.24, 2.45) is 0 Å². The molecule has 0 amide bonds. The third-order valence-electron chi connectivity index (χ3n) is 2.53. The molecule has 5 heteroatoms. The predicted octanol–water partition coefficient (Wildman–Crippen LogP) is 3.60. The number of nitrogens with zero attached hydrogens (tertiary/aromatic N) is 2. The lowest BCUT2D eigenvalue weighted by Gasteiger charge is -2.06. The second-order valence-electron chi connectivity index (χ2n) is 3.77. The smallest absolute Gasteiger partial charge is 0.195 e. The van der Waals surface area contributed by atoms with Gasteiger partial charge in [-0.05, 0) is 29.5 Å². The number of rotatable bonds is 3. The van der Waals surface area contributed by atoms with Crippen molar-refractivity contribution in [3.63, 3.8) is 0 Å². The number of ketones is 1. The van der Waals surface area contributed by atoms with Gasteiger partial charge in [-0.2, -0.15) is 5.26 Å². The monoisotopic (exact) mass is 276 g/mol. The molecule has 90 valence electrons. The van der Waals surface area contributed by atoms with E-state index in [4.69, 9.17) is 11.6 Å². The number of thiophene rings is 1. The van der Waals surface area contributed by atoms with Gasteiger partial charge in [-0.15, -0.1) is 11.3 Å². The van der Waals surface area contributed by atoms with E-state index < -0.39 is 5.92 Å². The normalized spacial score (nSPS) is 11.8. The number of carbonyl (C=O) groups excluding carboxylic acids is 1. The second kappa shape index (κ2) is 5.30. The van der Waals surface area contributed by atoms with Crippen LogP contribution in [-0.2, 0) is 0 Å². The van der Waals surface area contributed by atoms with Crippen LogP contribution in [0.3, 0.4) is 0 Å². The standard InChI is InChI=1S/C13H9ClN2OS/c1-8-7-18-13(11(8)14)12(17)10(5-15)9-3-2-4-16-6-9/h2-4,6-7,10H,1H3. The molecular formula is C13H9ClN2OS. The predicted molar refractivity (Wildman–Crippen MR) is 71.0 cm³/mol. The van der Waals surface area contributed by atoms with E-state index in [1.54, 1.807) is 18.3 Å². The maximum atomic E-state index is 12.3. The van der Waals surface area contributed by atoms with Gasteiger partial charge in [0.15, 0.2) is 5.78 Å². The molecule has 0 fully saturated rings. The fraction of sp³-hybridized carbons (Fsp3) is 0.154. The Bertz CT molecular complexity index is 616. The fourth-order valence-electron chi connectivity index (χ4n) is 1.56. The first-order chi connectivity index (χ1) is 8.65. The summed E-state index contributed by atoms with van der Waals surface area (Å²) in [5.74, 6) is -1.12. The molecule has 0 aliphatic heterocycles. The van der Waals surface area contributed by atoms with Crippen LogP contribution in [0, 0.1) is 18.3 Å². The van der Waals surface area contributed by atoms with Gasteiger partial charge in [0.1, 0.15) is 5.92 Å². The number of aromatic nitrogens is 1. The molecule has 0 spiro atoms. The Morgan fingerprint density at radius 2 is 2.39 bits per heavy atom. The molecule has 18 heavy (non-hydrogen) atoms. The van der Waals surface area contributed by atoms with Gasteiger partial charge in [-0.3, -0.25) is 9.78 Å². The number of Topliss-reactive ketones (excluding diaryl/α,β-unsaturated/α-hetero) is 1. The molecule has 0 bridgehead atoms. The fourth-order valence-corrected chi connectivity index (χ4v) is 2.82. The first kappa shape index (κ1) is 12.7. The van der Waals surface area contributed by atoms with Gasteiger partial charge >= 0.3 is 0 Å². The van der Waals surface area contributed by atoms with E-state index in [2.05, 4.69) is 4.98 Å². The van der Waals surface area contributed by atoms with Gasteiger partial charge in [0.2, 0.25) is 0 Å². The molecule has 0 saturated heterocycles. The van der Waals surface area contributed by atoms with Crippen molar-refractivity contribution in [3.8, 4) is 6.07 Å². The topological polar surface area (TPSA) is 53.8 Å². The molecule has 0 aromatic carbocycles. The van der Waals surface area contributed by atoms with Gasteiger partial charge < -0.3 is 0 Å². The summed E-state index contributed by atoms with van der Waals surface area (Å²) in [6.45, 7) is 1.83.